The Kier molecular flexibility index (Phi) is 5.76. The van der Waals surface area contributed by atoms with Crippen molar-refractivity contribution in [2.75, 3.05) is 13.7 Å². The molecule has 6 nitrogen and oxygen atoms in total. The fraction of sp³-hybridized carbons (Fsp3) is 0.238. The number of carbonyl (C=O) groups excluding carboxylic acids is 2. The molecule has 0 aliphatic carbocycles. The molecule has 0 fully saturated rings. The number of benzene rings is 2. The van der Waals surface area contributed by atoms with Gasteiger partial charge in [-0.05, 0) is 48.4 Å². The summed E-state index contributed by atoms with van der Waals surface area (Å²) in [6.45, 7) is 2.41. The molecule has 0 atom stereocenters. The van der Waals surface area contributed by atoms with Gasteiger partial charge in [-0.2, -0.15) is 0 Å². The maximum absolute atomic E-state index is 12.2. The maximum Gasteiger partial charge on any atom is 0.245 e. The standard InChI is InChI=1S/C21H23N3O3/c1-15-3-5-16(6-4-15)13-22-20(25)14-24-21(26)12-11-19(23-24)17-7-9-18(27-2)10-8-17/h3-11,23H,12-14H2,1-2H3,(H,22,25). The number of aryl methyl sites for hydroxylation is 1. The zero-order valence-corrected chi connectivity index (χ0v) is 15.5. The minimum atomic E-state index is -0.215. The number of carbonyl (C=O) groups is 2. The van der Waals surface area contributed by atoms with Crippen LogP contribution >= 0.6 is 0 Å². The second-order valence-electron chi connectivity index (χ2n) is 6.40. The van der Waals surface area contributed by atoms with Gasteiger partial charge in [-0.15, -0.1) is 0 Å². The van der Waals surface area contributed by atoms with Crippen LogP contribution in [0.25, 0.3) is 5.70 Å². The van der Waals surface area contributed by atoms with Crippen LogP contribution in [0.2, 0.25) is 0 Å². The van der Waals surface area contributed by atoms with E-state index in [1.165, 1.54) is 10.6 Å². The Bertz CT molecular complexity index is 842. The predicted octanol–water partition coefficient (Wildman–Crippen LogP) is 2.40. The van der Waals surface area contributed by atoms with E-state index in [2.05, 4.69) is 10.7 Å². The Morgan fingerprint density at radius 3 is 2.52 bits per heavy atom. The van der Waals surface area contributed by atoms with E-state index in [0.717, 1.165) is 22.6 Å². The molecule has 0 saturated carbocycles. The number of hydrazine groups is 1. The van der Waals surface area contributed by atoms with Crippen LogP contribution in [0.4, 0.5) is 0 Å². The molecule has 2 aromatic carbocycles. The first-order valence-electron chi connectivity index (χ1n) is 8.79. The minimum Gasteiger partial charge on any atom is -0.497 e. The third-order valence-electron chi connectivity index (χ3n) is 4.35. The molecule has 0 bridgehead atoms. The third kappa shape index (κ3) is 4.88. The summed E-state index contributed by atoms with van der Waals surface area (Å²) in [4.78, 5) is 24.4. The third-order valence-corrected chi connectivity index (χ3v) is 4.35. The van der Waals surface area contributed by atoms with Crippen molar-refractivity contribution in [3.63, 3.8) is 0 Å². The van der Waals surface area contributed by atoms with Gasteiger partial charge >= 0.3 is 0 Å². The highest BCUT2D eigenvalue weighted by atomic mass is 16.5. The predicted molar refractivity (Wildman–Crippen MR) is 103 cm³/mol. The average molecular weight is 365 g/mol. The summed E-state index contributed by atoms with van der Waals surface area (Å²) in [6, 6.07) is 15.5. The fourth-order valence-corrected chi connectivity index (χ4v) is 2.74. The Balaban J connectivity index is 1.57. The van der Waals surface area contributed by atoms with Crippen molar-refractivity contribution < 1.29 is 14.3 Å². The summed E-state index contributed by atoms with van der Waals surface area (Å²) in [7, 11) is 1.61. The second kappa shape index (κ2) is 8.40. The van der Waals surface area contributed by atoms with E-state index >= 15 is 0 Å². The zero-order chi connectivity index (χ0) is 19.2. The molecule has 3 rings (SSSR count). The van der Waals surface area contributed by atoms with Gasteiger partial charge in [-0.1, -0.05) is 29.8 Å². The molecule has 27 heavy (non-hydrogen) atoms. The van der Waals surface area contributed by atoms with Gasteiger partial charge in [-0.3, -0.25) is 15.0 Å². The quantitative estimate of drug-likeness (QED) is 0.825. The van der Waals surface area contributed by atoms with Crippen molar-refractivity contribution in [3.05, 3.63) is 71.3 Å². The average Bonchev–Trinajstić information content (AvgIpc) is 2.69. The Labute approximate surface area is 158 Å². The van der Waals surface area contributed by atoms with Crippen molar-refractivity contribution in [1.82, 2.24) is 15.8 Å². The van der Waals surface area contributed by atoms with E-state index in [1.807, 2.05) is 61.5 Å². The van der Waals surface area contributed by atoms with Gasteiger partial charge in [0, 0.05) is 13.0 Å². The molecule has 1 heterocycles. The SMILES string of the molecule is COc1ccc(C2=CCC(=O)N(CC(=O)NCc3ccc(C)cc3)N2)cc1. The lowest BCUT2D eigenvalue weighted by atomic mass is 10.1. The summed E-state index contributed by atoms with van der Waals surface area (Å²) in [5, 5.41) is 4.20. The zero-order valence-electron chi connectivity index (χ0n) is 15.5. The normalized spacial score (nSPS) is 13.6. The van der Waals surface area contributed by atoms with Crippen LogP contribution in [0.1, 0.15) is 23.1 Å². The Hall–Kier alpha value is -3.28. The molecule has 6 heteroatoms. The molecule has 0 aromatic heterocycles. The maximum atomic E-state index is 12.2. The molecule has 2 N–H and O–H groups in total. The van der Waals surface area contributed by atoms with Crippen LogP contribution in [-0.2, 0) is 16.1 Å². The Morgan fingerprint density at radius 1 is 1.15 bits per heavy atom. The molecule has 0 radical (unpaired) electrons. The summed E-state index contributed by atoms with van der Waals surface area (Å²) in [5.41, 5.74) is 6.95. The number of ether oxygens (including phenoxy) is 1. The summed E-state index contributed by atoms with van der Waals surface area (Å²) in [5.74, 6) is 0.406. The van der Waals surface area contributed by atoms with Crippen molar-refractivity contribution in [2.24, 2.45) is 0 Å². The molecule has 1 aliphatic heterocycles. The molecule has 0 saturated heterocycles. The van der Waals surface area contributed by atoms with E-state index in [9.17, 15) is 9.59 Å². The number of hydrogen-bond donors (Lipinski definition) is 2. The molecule has 2 amide bonds. The van der Waals surface area contributed by atoms with Crippen LogP contribution in [0, 0.1) is 6.92 Å². The summed E-state index contributed by atoms with van der Waals surface area (Å²) in [6.07, 6.45) is 2.07. The molecule has 1 aliphatic rings. The first-order valence-corrected chi connectivity index (χ1v) is 8.79. The van der Waals surface area contributed by atoms with Gasteiger partial charge in [0.15, 0.2) is 0 Å². The van der Waals surface area contributed by atoms with E-state index < -0.39 is 0 Å². The molecule has 0 unspecified atom stereocenters. The summed E-state index contributed by atoms with van der Waals surface area (Å²) >= 11 is 0. The number of amides is 2. The monoisotopic (exact) mass is 365 g/mol. The van der Waals surface area contributed by atoms with Crippen LogP contribution in [0.15, 0.2) is 54.6 Å². The number of methoxy groups -OCH3 is 1. The molecule has 140 valence electrons. The number of nitrogens with one attached hydrogen (secondary N) is 2. The van der Waals surface area contributed by atoms with E-state index in [4.69, 9.17) is 4.74 Å². The van der Waals surface area contributed by atoms with Crippen LogP contribution in [0.5, 0.6) is 5.75 Å². The highest BCUT2D eigenvalue weighted by Crippen LogP contribution is 2.20. The van der Waals surface area contributed by atoms with Gasteiger partial charge in [0.1, 0.15) is 12.3 Å². The minimum absolute atomic E-state index is 0.0435. The largest absolute Gasteiger partial charge is 0.497 e. The van der Waals surface area contributed by atoms with Gasteiger partial charge in [0.25, 0.3) is 0 Å². The molecule has 0 spiro atoms. The van der Waals surface area contributed by atoms with Gasteiger partial charge < -0.3 is 10.1 Å². The number of rotatable bonds is 6. The molecular weight excluding hydrogens is 342 g/mol. The Morgan fingerprint density at radius 2 is 1.85 bits per heavy atom. The highest BCUT2D eigenvalue weighted by Gasteiger charge is 2.22. The van der Waals surface area contributed by atoms with Crippen molar-refractivity contribution >= 4 is 17.5 Å². The van der Waals surface area contributed by atoms with Gasteiger partial charge in [-0.25, -0.2) is 5.01 Å². The smallest absolute Gasteiger partial charge is 0.245 e. The first-order chi connectivity index (χ1) is 13.0. The first kappa shape index (κ1) is 18.5. The van der Waals surface area contributed by atoms with Crippen LogP contribution in [-0.4, -0.2) is 30.5 Å². The van der Waals surface area contributed by atoms with Crippen molar-refractivity contribution in [3.8, 4) is 5.75 Å². The van der Waals surface area contributed by atoms with E-state index in [0.29, 0.717) is 6.54 Å². The fourth-order valence-electron chi connectivity index (χ4n) is 2.74. The highest BCUT2D eigenvalue weighted by molar-refractivity contribution is 5.88. The van der Waals surface area contributed by atoms with Gasteiger partial charge in [0.05, 0.1) is 12.8 Å². The van der Waals surface area contributed by atoms with Crippen LogP contribution < -0.4 is 15.5 Å². The lowest BCUT2D eigenvalue weighted by molar-refractivity contribution is -0.137. The van der Waals surface area contributed by atoms with Crippen molar-refractivity contribution in [2.45, 2.75) is 19.9 Å². The molecular formula is C21H23N3O3. The lowest BCUT2D eigenvalue weighted by Gasteiger charge is -2.29. The van der Waals surface area contributed by atoms with E-state index in [1.54, 1.807) is 7.11 Å². The van der Waals surface area contributed by atoms with E-state index in [-0.39, 0.29) is 24.8 Å². The van der Waals surface area contributed by atoms with Gasteiger partial charge in [0.2, 0.25) is 11.8 Å². The second-order valence-corrected chi connectivity index (χ2v) is 6.40. The number of hydrogen-bond acceptors (Lipinski definition) is 4. The summed E-state index contributed by atoms with van der Waals surface area (Å²) < 4.78 is 5.16. The molecule has 2 aromatic rings. The van der Waals surface area contributed by atoms with Crippen molar-refractivity contribution in [1.29, 1.82) is 0 Å². The number of nitrogens with zero attached hydrogens (tertiary/aromatic N) is 1. The van der Waals surface area contributed by atoms with Crippen LogP contribution in [0.3, 0.4) is 0 Å². The topological polar surface area (TPSA) is 70.7 Å². The lowest BCUT2D eigenvalue weighted by Crippen LogP contribution is -2.49.